The number of thiocarbonyl (C=S) groups is 1. The highest BCUT2D eigenvalue weighted by atomic mass is 32.2. The molecule has 0 spiro atoms. The molecule has 162 valence electrons. The monoisotopic (exact) mass is 464 g/mol. The largest absolute Gasteiger partial charge is 0.481 e. The van der Waals surface area contributed by atoms with Crippen molar-refractivity contribution in [3.8, 4) is 23.8 Å². The summed E-state index contributed by atoms with van der Waals surface area (Å²) in [5, 5.41) is 17.4. The molecule has 1 aliphatic heterocycles. The smallest absolute Gasteiger partial charge is 0.362 e. The van der Waals surface area contributed by atoms with Gasteiger partial charge in [0, 0.05) is 13.0 Å². The Labute approximate surface area is 185 Å². The quantitative estimate of drug-likeness (QED) is 0.243. The Hall–Kier alpha value is -3.29. The Kier molecular flexibility index (Phi) is 7.33. The molecule has 1 aromatic carbocycles. The fourth-order valence-corrected chi connectivity index (χ4v) is 3.78. The second-order valence-corrected chi connectivity index (χ2v) is 7.66. The highest BCUT2D eigenvalue weighted by molar-refractivity contribution is 8.26. The molecule has 0 aliphatic carbocycles. The third-order valence-corrected chi connectivity index (χ3v) is 5.25. The van der Waals surface area contributed by atoms with Crippen molar-refractivity contribution >= 4 is 46.3 Å². The van der Waals surface area contributed by atoms with Gasteiger partial charge in [-0.25, -0.2) is 0 Å². The average Bonchev–Trinajstić information content (AvgIpc) is 3.01. The lowest BCUT2D eigenvalue weighted by molar-refractivity contribution is -0.146. The summed E-state index contributed by atoms with van der Waals surface area (Å²) in [5.74, 6) is -0.788. The topological polar surface area (TPSA) is 144 Å². The summed E-state index contributed by atoms with van der Waals surface area (Å²) < 4.78 is 10.8. The molecule has 1 aliphatic rings. The van der Waals surface area contributed by atoms with Gasteiger partial charge in [0.2, 0.25) is 0 Å². The van der Waals surface area contributed by atoms with Gasteiger partial charge in [-0.1, -0.05) is 36.1 Å². The maximum absolute atomic E-state index is 12.5. The fourth-order valence-electron chi connectivity index (χ4n) is 2.47. The first-order valence-corrected chi connectivity index (χ1v) is 9.98. The lowest BCUT2D eigenvalue weighted by Gasteiger charge is -2.13. The molecule has 1 amide bonds. The molecule has 0 bridgehead atoms. The lowest BCUT2D eigenvalue weighted by atomic mass is 10.2. The molecule has 0 saturated carbocycles. The number of hydrogen-bond acceptors (Lipinski definition) is 11. The van der Waals surface area contributed by atoms with Crippen LogP contribution in [0.5, 0.6) is 23.8 Å². The molecule has 0 radical (unpaired) electrons. The van der Waals surface area contributed by atoms with Crippen LogP contribution in [-0.4, -0.2) is 60.1 Å². The number of carboxylic acid groups (broad SMARTS) is 1. The van der Waals surface area contributed by atoms with Crippen LogP contribution in [0.25, 0.3) is 6.08 Å². The average molecular weight is 464 g/mol. The molecular weight excluding hydrogens is 448 g/mol. The van der Waals surface area contributed by atoms with Crippen molar-refractivity contribution in [2.75, 3.05) is 13.7 Å². The predicted octanol–water partition coefficient (Wildman–Crippen LogP) is 2.59. The van der Waals surface area contributed by atoms with Crippen LogP contribution >= 0.6 is 24.0 Å². The SMILES string of the molecule is COc1nc(OO)nc(Oc2ccc(/C=C3\SC(=S)N(CCCC(=O)O)C3=O)cc2)n1. The third kappa shape index (κ3) is 5.87. The summed E-state index contributed by atoms with van der Waals surface area (Å²) in [4.78, 5) is 40.3. The molecule has 1 fully saturated rings. The van der Waals surface area contributed by atoms with Crippen LogP contribution in [0.4, 0.5) is 0 Å². The summed E-state index contributed by atoms with van der Waals surface area (Å²) in [7, 11) is 1.34. The summed E-state index contributed by atoms with van der Waals surface area (Å²) in [5.41, 5.74) is 0.728. The number of aromatic nitrogens is 3. The molecule has 1 saturated heterocycles. The number of nitrogens with zero attached hydrogens (tertiary/aromatic N) is 4. The van der Waals surface area contributed by atoms with Gasteiger partial charge in [0.25, 0.3) is 5.91 Å². The van der Waals surface area contributed by atoms with Gasteiger partial charge in [-0.05, 0) is 30.2 Å². The highest BCUT2D eigenvalue weighted by Gasteiger charge is 2.31. The predicted molar refractivity (Wildman–Crippen MR) is 113 cm³/mol. The highest BCUT2D eigenvalue weighted by Crippen LogP contribution is 2.33. The van der Waals surface area contributed by atoms with E-state index in [0.717, 1.165) is 17.3 Å². The molecule has 2 aromatic rings. The van der Waals surface area contributed by atoms with Gasteiger partial charge in [0.05, 0.1) is 12.0 Å². The van der Waals surface area contributed by atoms with E-state index in [9.17, 15) is 9.59 Å². The van der Waals surface area contributed by atoms with E-state index in [2.05, 4.69) is 19.8 Å². The number of carbonyl (C=O) groups excluding carboxylic acids is 1. The molecule has 11 nitrogen and oxygen atoms in total. The summed E-state index contributed by atoms with van der Waals surface area (Å²) in [6, 6.07) is 6.07. The molecule has 13 heteroatoms. The maximum atomic E-state index is 12.5. The molecule has 2 heterocycles. The number of methoxy groups -OCH3 is 1. The van der Waals surface area contributed by atoms with Crippen molar-refractivity contribution in [3.05, 3.63) is 34.7 Å². The van der Waals surface area contributed by atoms with Gasteiger partial charge in [-0.2, -0.15) is 5.26 Å². The zero-order chi connectivity index (χ0) is 22.4. The maximum Gasteiger partial charge on any atom is 0.362 e. The zero-order valence-corrected chi connectivity index (χ0v) is 17.7. The summed E-state index contributed by atoms with van der Waals surface area (Å²) in [6.45, 7) is 0.260. The first-order chi connectivity index (χ1) is 14.9. The minimum Gasteiger partial charge on any atom is -0.481 e. The number of benzene rings is 1. The van der Waals surface area contributed by atoms with Gasteiger partial charge in [-0.15, -0.1) is 15.0 Å². The molecule has 3 rings (SSSR count). The third-order valence-electron chi connectivity index (χ3n) is 3.87. The Morgan fingerprint density at radius 2 is 1.87 bits per heavy atom. The minimum absolute atomic E-state index is 0.0312. The van der Waals surface area contributed by atoms with Crippen LogP contribution in [0.3, 0.4) is 0 Å². The van der Waals surface area contributed by atoms with E-state index in [1.807, 2.05) is 0 Å². The van der Waals surface area contributed by atoms with Gasteiger partial charge in [0.1, 0.15) is 10.1 Å². The normalized spacial score (nSPS) is 14.8. The van der Waals surface area contributed by atoms with Crippen molar-refractivity contribution in [1.82, 2.24) is 19.9 Å². The number of ether oxygens (including phenoxy) is 2. The Morgan fingerprint density at radius 1 is 1.19 bits per heavy atom. The number of amides is 1. The molecule has 1 aromatic heterocycles. The molecule has 31 heavy (non-hydrogen) atoms. The number of carbonyl (C=O) groups is 2. The second kappa shape index (κ2) is 10.1. The van der Waals surface area contributed by atoms with E-state index in [4.69, 9.17) is 32.1 Å². The first-order valence-electron chi connectivity index (χ1n) is 8.76. The summed E-state index contributed by atoms with van der Waals surface area (Å²) in [6.07, 6.45) is 1.98. The second-order valence-electron chi connectivity index (χ2n) is 5.98. The summed E-state index contributed by atoms with van der Waals surface area (Å²) >= 11 is 6.39. The van der Waals surface area contributed by atoms with E-state index in [1.165, 1.54) is 12.0 Å². The first kappa shape index (κ1) is 22.4. The van der Waals surface area contributed by atoms with E-state index in [-0.39, 0.29) is 36.9 Å². The number of thioether (sulfide) groups is 1. The van der Waals surface area contributed by atoms with Crippen LogP contribution < -0.4 is 14.4 Å². The van der Waals surface area contributed by atoms with Crippen LogP contribution in [0.1, 0.15) is 18.4 Å². The van der Waals surface area contributed by atoms with Crippen molar-refractivity contribution in [2.24, 2.45) is 0 Å². The minimum atomic E-state index is -0.918. The molecular formula is C18H16N4O7S2. The van der Waals surface area contributed by atoms with Crippen LogP contribution in [0.2, 0.25) is 0 Å². The van der Waals surface area contributed by atoms with Crippen LogP contribution in [-0.2, 0) is 9.59 Å². The van der Waals surface area contributed by atoms with Gasteiger partial charge >= 0.3 is 24.0 Å². The van der Waals surface area contributed by atoms with Crippen molar-refractivity contribution in [1.29, 1.82) is 0 Å². The van der Waals surface area contributed by atoms with Crippen molar-refractivity contribution < 1.29 is 34.3 Å². The fraction of sp³-hybridized carbons (Fsp3) is 0.222. The lowest BCUT2D eigenvalue weighted by Crippen LogP contribution is -2.29. The number of rotatable bonds is 9. The van der Waals surface area contributed by atoms with Gasteiger partial charge < -0.3 is 14.6 Å². The molecule has 2 N–H and O–H groups in total. The molecule has 0 atom stereocenters. The van der Waals surface area contributed by atoms with E-state index in [0.29, 0.717) is 21.4 Å². The van der Waals surface area contributed by atoms with E-state index >= 15 is 0 Å². The number of aliphatic carboxylic acids is 1. The standard InChI is InChI=1S/C18H16N4O7S2/c1-27-15-19-16(21-17(20-15)29-26)28-11-6-4-10(5-7-11)9-12-14(25)22(18(30)31-12)8-2-3-13(23)24/h4-7,9,26H,2-3,8H2,1H3,(H,23,24)/b12-9-. The number of carboxylic acids is 1. The Balaban J connectivity index is 1.68. The van der Waals surface area contributed by atoms with Crippen LogP contribution in [0.15, 0.2) is 29.2 Å². The van der Waals surface area contributed by atoms with Gasteiger partial charge in [-0.3, -0.25) is 19.4 Å². The van der Waals surface area contributed by atoms with E-state index in [1.54, 1.807) is 30.3 Å². The van der Waals surface area contributed by atoms with Crippen molar-refractivity contribution in [3.63, 3.8) is 0 Å². The van der Waals surface area contributed by atoms with Gasteiger partial charge in [0.15, 0.2) is 0 Å². The zero-order valence-electron chi connectivity index (χ0n) is 16.0. The Morgan fingerprint density at radius 3 is 2.52 bits per heavy atom. The van der Waals surface area contributed by atoms with Crippen LogP contribution in [0, 0.1) is 0 Å². The Bertz CT molecular complexity index is 1010. The number of hydrogen-bond donors (Lipinski definition) is 2. The molecule has 0 unspecified atom stereocenters. The van der Waals surface area contributed by atoms with E-state index < -0.39 is 5.97 Å². The van der Waals surface area contributed by atoms with Crippen molar-refractivity contribution in [2.45, 2.75) is 12.8 Å².